The minimum absolute atomic E-state index is 0.0489. The molecular formula is C11H17NO4S2. The van der Waals surface area contributed by atoms with Crippen molar-refractivity contribution in [2.75, 3.05) is 29.8 Å². The zero-order valence-corrected chi connectivity index (χ0v) is 11.9. The fourth-order valence-electron chi connectivity index (χ4n) is 1.17. The Bertz CT molecular complexity index is 316. The molecule has 1 aliphatic rings. The van der Waals surface area contributed by atoms with Crippen molar-refractivity contribution in [1.82, 2.24) is 5.32 Å². The predicted molar refractivity (Wildman–Crippen MR) is 73.8 cm³/mol. The van der Waals surface area contributed by atoms with Crippen LogP contribution < -0.4 is 5.32 Å². The van der Waals surface area contributed by atoms with Gasteiger partial charge in [-0.05, 0) is 6.92 Å². The summed E-state index contributed by atoms with van der Waals surface area (Å²) in [7, 11) is 0. The molecule has 1 rings (SSSR count). The van der Waals surface area contributed by atoms with Gasteiger partial charge in [-0.25, -0.2) is 9.59 Å². The number of ether oxygens (including phenoxy) is 2. The minimum Gasteiger partial charge on any atom is -0.459 e. The zero-order valence-electron chi connectivity index (χ0n) is 10.3. The number of nitrogens with one attached hydrogen (secondary N) is 1. The number of esters is 1. The van der Waals surface area contributed by atoms with Gasteiger partial charge in [0.25, 0.3) is 0 Å². The highest BCUT2D eigenvalue weighted by Crippen LogP contribution is 2.21. The molecule has 0 saturated carbocycles. The first-order valence-electron chi connectivity index (χ1n) is 5.51. The third kappa shape index (κ3) is 6.20. The summed E-state index contributed by atoms with van der Waals surface area (Å²) in [6, 6.07) is 0.152. The molecule has 18 heavy (non-hydrogen) atoms. The van der Waals surface area contributed by atoms with Crippen LogP contribution >= 0.6 is 23.5 Å². The van der Waals surface area contributed by atoms with Gasteiger partial charge in [0.15, 0.2) is 0 Å². The van der Waals surface area contributed by atoms with Crippen LogP contribution in [0.15, 0.2) is 12.2 Å². The number of alkyl carbamates (subject to hydrolysis) is 1. The molecule has 1 aliphatic heterocycles. The summed E-state index contributed by atoms with van der Waals surface area (Å²) in [5.74, 6) is 1.35. The maximum absolute atomic E-state index is 11.4. The van der Waals surface area contributed by atoms with Crippen molar-refractivity contribution in [1.29, 1.82) is 0 Å². The molecule has 1 amide bonds. The Morgan fingerprint density at radius 2 is 1.89 bits per heavy atom. The molecule has 0 radical (unpaired) electrons. The number of hydrogen-bond donors (Lipinski definition) is 1. The first-order chi connectivity index (χ1) is 8.59. The number of carbonyl (C=O) groups excluding carboxylic acids is 2. The van der Waals surface area contributed by atoms with Crippen LogP contribution in [0, 0.1) is 0 Å². The van der Waals surface area contributed by atoms with E-state index in [4.69, 9.17) is 9.47 Å². The van der Waals surface area contributed by atoms with Gasteiger partial charge < -0.3 is 14.8 Å². The van der Waals surface area contributed by atoms with Gasteiger partial charge in [-0.15, -0.1) is 23.5 Å². The minimum atomic E-state index is -0.473. The van der Waals surface area contributed by atoms with Crippen molar-refractivity contribution in [3.63, 3.8) is 0 Å². The summed E-state index contributed by atoms with van der Waals surface area (Å²) in [6.07, 6.45) is -0.463. The van der Waals surface area contributed by atoms with Gasteiger partial charge in [0, 0.05) is 22.2 Å². The number of carbonyl (C=O) groups is 2. The summed E-state index contributed by atoms with van der Waals surface area (Å²) in [4.78, 5) is 22.4. The van der Waals surface area contributed by atoms with Gasteiger partial charge in [0.2, 0.25) is 0 Å². The summed E-state index contributed by atoms with van der Waals surface area (Å²) < 4.78 is 9.69. The van der Waals surface area contributed by atoms with Crippen molar-refractivity contribution in [2.45, 2.75) is 13.0 Å². The topological polar surface area (TPSA) is 64.6 Å². The summed E-state index contributed by atoms with van der Waals surface area (Å²) in [5.41, 5.74) is 0.329. The summed E-state index contributed by atoms with van der Waals surface area (Å²) >= 11 is 3.59. The molecule has 0 aliphatic carbocycles. The molecule has 1 saturated heterocycles. The van der Waals surface area contributed by atoms with Crippen LogP contribution in [0.5, 0.6) is 0 Å². The van der Waals surface area contributed by atoms with E-state index in [0.717, 1.165) is 16.6 Å². The Balaban J connectivity index is 2.06. The number of amides is 1. The number of rotatable bonds is 5. The average Bonchev–Trinajstić information content (AvgIpc) is 2.35. The molecule has 0 aromatic heterocycles. The van der Waals surface area contributed by atoms with E-state index in [2.05, 4.69) is 11.9 Å². The van der Waals surface area contributed by atoms with Crippen molar-refractivity contribution in [3.8, 4) is 0 Å². The smallest absolute Gasteiger partial charge is 0.407 e. The monoisotopic (exact) mass is 291 g/mol. The van der Waals surface area contributed by atoms with E-state index in [1.165, 1.54) is 0 Å². The quantitative estimate of drug-likeness (QED) is 0.472. The second-order valence-corrected chi connectivity index (χ2v) is 6.18. The van der Waals surface area contributed by atoms with E-state index in [0.29, 0.717) is 5.57 Å². The maximum atomic E-state index is 11.4. The van der Waals surface area contributed by atoms with Crippen LogP contribution in [-0.4, -0.2) is 47.9 Å². The van der Waals surface area contributed by atoms with E-state index in [1.807, 2.05) is 0 Å². The Morgan fingerprint density at radius 1 is 1.28 bits per heavy atom. The van der Waals surface area contributed by atoms with Crippen LogP contribution in [0.25, 0.3) is 0 Å². The van der Waals surface area contributed by atoms with Gasteiger partial charge in [0.05, 0.1) is 6.04 Å². The Kier molecular flexibility index (Phi) is 7.04. The first kappa shape index (κ1) is 15.2. The number of thioether (sulfide) groups is 2. The Labute approximate surface area is 115 Å². The zero-order chi connectivity index (χ0) is 13.4. The highest BCUT2D eigenvalue weighted by atomic mass is 32.2. The highest BCUT2D eigenvalue weighted by Gasteiger charge is 2.16. The van der Waals surface area contributed by atoms with E-state index in [9.17, 15) is 9.59 Å². The summed E-state index contributed by atoms with van der Waals surface area (Å²) in [6.45, 7) is 5.11. The fourth-order valence-corrected chi connectivity index (χ4v) is 3.53. The molecule has 1 fully saturated rings. The molecule has 0 atom stereocenters. The molecule has 1 N–H and O–H groups in total. The lowest BCUT2D eigenvalue weighted by molar-refractivity contribution is -0.139. The molecule has 0 aromatic carbocycles. The van der Waals surface area contributed by atoms with Crippen LogP contribution in [0.2, 0.25) is 0 Å². The molecule has 0 bridgehead atoms. The van der Waals surface area contributed by atoms with Crippen molar-refractivity contribution in [3.05, 3.63) is 12.2 Å². The standard InChI is InChI=1S/C11H17NO4S2/c1-8(2)10(13)15-3-4-16-11(14)12-9-5-17-7-18-6-9/h9H,1,3-7H2,2H3,(H,12,14). The molecule has 0 aromatic rings. The first-order valence-corrected chi connectivity index (χ1v) is 7.82. The van der Waals surface area contributed by atoms with E-state index >= 15 is 0 Å². The average molecular weight is 291 g/mol. The summed E-state index contributed by atoms with van der Waals surface area (Å²) in [5, 5.41) is 3.84. The van der Waals surface area contributed by atoms with E-state index < -0.39 is 12.1 Å². The lowest BCUT2D eigenvalue weighted by atomic mass is 10.4. The van der Waals surface area contributed by atoms with E-state index in [1.54, 1.807) is 30.4 Å². The molecule has 102 valence electrons. The van der Waals surface area contributed by atoms with Gasteiger partial charge >= 0.3 is 12.1 Å². The SMILES string of the molecule is C=C(C)C(=O)OCCOC(=O)NC1CSCSC1. The van der Waals surface area contributed by atoms with Gasteiger partial charge in [0.1, 0.15) is 13.2 Å². The molecule has 7 heteroatoms. The largest absolute Gasteiger partial charge is 0.459 e. The van der Waals surface area contributed by atoms with E-state index in [-0.39, 0.29) is 19.3 Å². The predicted octanol–water partition coefficient (Wildman–Crippen LogP) is 1.64. The van der Waals surface area contributed by atoms with Gasteiger partial charge in [-0.1, -0.05) is 6.58 Å². The third-order valence-electron chi connectivity index (χ3n) is 2.02. The van der Waals surface area contributed by atoms with Gasteiger partial charge in [-0.3, -0.25) is 0 Å². The third-order valence-corrected chi connectivity index (χ3v) is 4.63. The number of hydrogen-bond acceptors (Lipinski definition) is 6. The van der Waals surface area contributed by atoms with Crippen LogP contribution in [-0.2, 0) is 14.3 Å². The fraction of sp³-hybridized carbons (Fsp3) is 0.636. The lowest BCUT2D eigenvalue weighted by Crippen LogP contribution is -2.40. The second-order valence-electron chi connectivity index (χ2n) is 3.75. The Hall–Kier alpha value is -0.820. The van der Waals surface area contributed by atoms with Crippen LogP contribution in [0.4, 0.5) is 4.79 Å². The van der Waals surface area contributed by atoms with Crippen molar-refractivity contribution in [2.24, 2.45) is 0 Å². The maximum Gasteiger partial charge on any atom is 0.407 e. The van der Waals surface area contributed by atoms with Crippen molar-refractivity contribution >= 4 is 35.6 Å². The van der Waals surface area contributed by atoms with Crippen molar-refractivity contribution < 1.29 is 19.1 Å². The second kappa shape index (κ2) is 8.31. The molecular weight excluding hydrogens is 274 g/mol. The Morgan fingerprint density at radius 3 is 2.50 bits per heavy atom. The van der Waals surface area contributed by atoms with Crippen LogP contribution in [0.3, 0.4) is 0 Å². The van der Waals surface area contributed by atoms with Crippen LogP contribution in [0.1, 0.15) is 6.92 Å². The molecule has 5 nitrogen and oxygen atoms in total. The normalized spacial score (nSPS) is 15.8. The lowest BCUT2D eigenvalue weighted by Gasteiger charge is -2.21. The highest BCUT2D eigenvalue weighted by molar-refractivity contribution is 8.16. The molecule has 0 spiro atoms. The molecule has 0 unspecified atom stereocenters. The molecule has 1 heterocycles. The van der Waals surface area contributed by atoms with Gasteiger partial charge in [-0.2, -0.15) is 0 Å².